The third kappa shape index (κ3) is 5.76. The molecular formula is C19H22N2O3S. The number of rotatable bonds is 6. The van der Waals surface area contributed by atoms with E-state index in [9.17, 15) is 4.79 Å². The van der Waals surface area contributed by atoms with Crippen molar-refractivity contribution in [3.63, 3.8) is 0 Å². The van der Waals surface area contributed by atoms with Gasteiger partial charge in [-0.25, -0.2) is 0 Å². The lowest BCUT2D eigenvalue weighted by Gasteiger charge is -2.14. The van der Waals surface area contributed by atoms with E-state index >= 15 is 0 Å². The Labute approximate surface area is 153 Å². The summed E-state index contributed by atoms with van der Waals surface area (Å²) >= 11 is 5.23. The summed E-state index contributed by atoms with van der Waals surface area (Å²) in [7, 11) is 0. The fourth-order valence-electron chi connectivity index (χ4n) is 2.16. The predicted octanol–water partition coefficient (Wildman–Crippen LogP) is 4.00. The number of nitrogens with one attached hydrogen (secondary N) is 2. The minimum atomic E-state index is -0.305. The second kappa shape index (κ2) is 9.03. The van der Waals surface area contributed by atoms with Crippen molar-refractivity contribution in [1.82, 2.24) is 5.32 Å². The number of anilines is 1. The maximum Gasteiger partial charge on any atom is 0.257 e. The van der Waals surface area contributed by atoms with Crippen LogP contribution in [0.5, 0.6) is 11.5 Å². The summed E-state index contributed by atoms with van der Waals surface area (Å²) < 4.78 is 11.1. The van der Waals surface area contributed by atoms with Crippen molar-refractivity contribution in [2.75, 3.05) is 11.9 Å². The molecule has 2 aromatic carbocycles. The first kappa shape index (κ1) is 18.7. The van der Waals surface area contributed by atoms with Gasteiger partial charge in [0, 0.05) is 5.56 Å². The lowest BCUT2D eigenvalue weighted by atomic mass is 10.2. The van der Waals surface area contributed by atoms with Crippen LogP contribution in [0.3, 0.4) is 0 Å². The molecule has 0 saturated heterocycles. The van der Waals surface area contributed by atoms with E-state index in [0.29, 0.717) is 29.4 Å². The molecule has 25 heavy (non-hydrogen) atoms. The Kier molecular flexibility index (Phi) is 6.77. The normalized spacial score (nSPS) is 10.2. The maximum atomic E-state index is 12.4. The minimum absolute atomic E-state index is 0.0381. The Bertz CT molecular complexity index is 747. The highest BCUT2D eigenvalue weighted by atomic mass is 32.1. The standard InChI is InChI=1S/C19H22N2O3S/c1-4-23-17-11-6-5-10-16(17)20-19(25)21-18(22)14-8-7-9-15(12-14)24-13(2)3/h5-13H,4H2,1-3H3,(H2,20,21,22,25). The molecule has 0 saturated carbocycles. The van der Waals surface area contributed by atoms with Crippen LogP contribution in [0.25, 0.3) is 0 Å². The first-order chi connectivity index (χ1) is 12.0. The molecule has 1 amide bonds. The Morgan fingerprint density at radius 3 is 2.64 bits per heavy atom. The highest BCUT2D eigenvalue weighted by molar-refractivity contribution is 7.80. The van der Waals surface area contributed by atoms with E-state index in [1.807, 2.05) is 51.1 Å². The number of hydrogen-bond donors (Lipinski definition) is 2. The second-order valence-electron chi connectivity index (χ2n) is 5.53. The summed E-state index contributed by atoms with van der Waals surface area (Å²) in [5, 5.41) is 5.85. The van der Waals surface area contributed by atoms with Gasteiger partial charge in [-0.1, -0.05) is 18.2 Å². The van der Waals surface area contributed by atoms with E-state index in [-0.39, 0.29) is 17.1 Å². The van der Waals surface area contributed by atoms with Crippen molar-refractivity contribution < 1.29 is 14.3 Å². The molecule has 0 fully saturated rings. The summed E-state index contributed by atoms with van der Waals surface area (Å²) in [6.45, 7) is 6.31. The number of amides is 1. The molecule has 2 rings (SSSR count). The van der Waals surface area contributed by atoms with Crippen LogP contribution in [0.15, 0.2) is 48.5 Å². The summed E-state index contributed by atoms with van der Waals surface area (Å²) in [6, 6.07) is 14.4. The van der Waals surface area contributed by atoms with Gasteiger partial charge in [0.1, 0.15) is 11.5 Å². The van der Waals surface area contributed by atoms with E-state index in [0.717, 1.165) is 0 Å². The van der Waals surface area contributed by atoms with Crippen LogP contribution in [0.1, 0.15) is 31.1 Å². The lowest BCUT2D eigenvalue weighted by Crippen LogP contribution is -2.34. The van der Waals surface area contributed by atoms with Crippen molar-refractivity contribution >= 4 is 28.9 Å². The van der Waals surface area contributed by atoms with Crippen molar-refractivity contribution in [2.45, 2.75) is 26.9 Å². The number of thiocarbonyl (C=S) groups is 1. The van der Waals surface area contributed by atoms with Gasteiger partial charge in [-0.3, -0.25) is 10.1 Å². The van der Waals surface area contributed by atoms with Crippen LogP contribution in [-0.4, -0.2) is 23.7 Å². The summed E-state index contributed by atoms with van der Waals surface area (Å²) in [6.07, 6.45) is 0.0381. The summed E-state index contributed by atoms with van der Waals surface area (Å²) in [5.41, 5.74) is 1.17. The number of benzene rings is 2. The zero-order valence-electron chi connectivity index (χ0n) is 14.5. The van der Waals surface area contributed by atoms with Crippen molar-refractivity contribution in [1.29, 1.82) is 0 Å². The first-order valence-corrected chi connectivity index (χ1v) is 8.51. The Morgan fingerprint density at radius 1 is 1.16 bits per heavy atom. The number of ether oxygens (including phenoxy) is 2. The molecule has 0 aliphatic carbocycles. The zero-order chi connectivity index (χ0) is 18.2. The fourth-order valence-corrected chi connectivity index (χ4v) is 2.37. The van der Waals surface area contributed by atoms with Gasteiger partial charge in [-0.15, -0.1) is 0 Å². The van der Waals surface area contributed by atoms with Crippen LogP contribution in [0, 0.1) is 0 Å². The van der Waals surface area contributed by atoms with Gasteiger partial charge in [0.15, 0.2) is 5.11 Å². The smallest absolute Gasteiger partial charge is 0.257 e. The average molecular weight is 358 g/mol. The van der Waals surface area contributed by atoms with E-state index in [1.165, 1.54) is 0 Å². The monoisotopic (exact) mass is 358 g/mol. The van der Waals surface area contributed by atoms with E-state index in [2.05, 4.69) is 10.6 Å². The number of hydrogen-bond acceptors (Lipinski definition) is 4. The van der Waals surface area contributed by atoms with Gasteiger partial charge in [-0.2, -0.15) is 0 Å². The topological polar surface area (TPSA) is 59.6 Å². The van der Waals surface area contributed by atoms with Crippen LogP contribution in [0.2, 0.25) is 0 Å². The molecule has 5 nitrogen and oxygen atoms in total. The SMILES string of the molecule is CCOc1ccccc1NC(=S)NC(=O)c1cccc(OC(C)C)c1. The van der Waals surface area contributed by atoms with Gasteiger partial charge in [0.2, 0.25) is 0 Å². The number of para-hydroxylation sites is 2. The molecule has 0 spiro atoms. The predicted molar refractivity (Wildman–Crippen MR) is 104 cm³/mol. The Morgan fingerprint density at radius 2 is 1.92 bits per heavy atom. The second-order valence-corrected chi connectivity index (χ2v) is 5.94. The highest BCUT2D eigenvalue weighted by Gasteiger charge is 2.11. The molecule has 0 aromatic heterocycles. The van der Waals surface area contributed by atoms with Gasteiger partial charge in [0.05, 0.1) is 18.4 Å². The molecule has 0 atom stereocenters. The third-order valence-corrected chi connectivity index (χ3v) is 3.33. The highest BCUT2D eigenvalue weighted by Crippen LogP contribution is 2.23. The lowest BCUT2D eigenvalue weighted by molar-refractivity contribution is 0.0977. The van der Waals surface area contributed by atoms with Crippen LogP contribution >= 0.6 is 12.2 Å². The van der Waals surface area contributed by atoms with E-state index in [1.54, 1.807) is 18.2 Å². The van der Waals surface area contributed by atoms with Crippen LogP contribution in [-0.2, 0) is 0 Å². The minimum Gasteiger partial charge on any atom is -0.492 e. The van der Waals surface area contributed by atoms with Gasteiger partial charge >= 0.3 is 0 Å². The first-order valence-electron chi connectivity index (χ1n) is 8.10. The van der Waals surface area contributed by atoms with E-state index in [4.69, 9.17) is 21.7 Å². The molecule has 0 aliphatic heterocycles. The molecule has 2 aromatic rings. The molecule has 0 heterocycles. The van der Waals surface area contributed by atoms with Crippen LogP contribution in [0.4, 0.5) is 5.69 Å². The molecule has 0 bridgehead atoms. The summed E-state index contributed by atoms with van der Waals surface area (Å²) in [5.74, 6) is 1.01. The van der Waals surface area contributed by atoms with Gasteiger partial charge in [-0.05, 0) is 63.3 Å². The number of carbonyl (C=O) groups is 1. The van der Waals surface area contributed by atoms with Crippen molar-refractivity contribution in [3.8, 4) is 11.5 Å². The third-order valence-electron chi connectivity index (χ3n) is 3.13. The molecule has 0 unspecified atom stereocenters. The Hall–Kier alpha value is -2.60. The van der Waals surface area contributed by atoms with Crippen LogP contribution < -0.4 is 20.1 Å². The zero-order valence-corrected chi connectivity index (χ0v) is 15.4. The largest absolute Gasteiger partial charge is 0.492 e. The average Bonchev–Trinajstić information content (AvgIpc) is 2.56. The maximum absolute atomic E-state index is 12.4. The summed E-state index contributed by atoms with van der Waals surface area (Å²) in [4.78, 5) is 12.4. The fraction of sp³-hybridized carbons (Fsp3) is 0.263. The molecule has 2 N–H and O–H groups in total. The molecular weight excluding hydrogens is 336 g/mol. The molecule has 6 heteroatoms. The molecule has 0 aliphatic rings. The quantitative estimate of drug-likeness (QED) is 0.765. The number of carbonyl (C=O) groups excluding carboxylic acids is 1. The van der Waals surface area contributed by atoms with Crippen molar-refractivity contribution in [3.05, 3.63) is 54.1 Å². The molecule has 0 radical (unpaired) electrons. The van der Waals surface area contributed by atoms with Crippen molar-refractivity contribution in [2.24, 2.45) is 0 Å². The molecule has 132 valence electrons. The van der Waals surface area contributed by atoms with Gasteiger partial charge in [0.25, 0.3) is 5.91 Å². The van der Waals surface area contributed by atoms with E-state index < -0.39 is 0 Å². The Balaban J connectivity index is 2.02. The van der Waals surface area contributed by atoms with Gasteiger partial charge < -0.3 is 14.8 Å².